The Hall–Kier alpha value is -2.70. The maximum absolute atomic E-state index is 13.0. The molecule has 2 aromatic heterocycles. The number of fused-ring (bicyclic) bond motifs is 3. The van der Waals surface area contributed by atoms with Crippen molar-refractivity contribution in [2.45, 2.75) is 38.5 Å². The predicted octanol–water partition coefficient (Wildman–Crippen LogP) is 6.56. The lowest BCUT2D eigenvalue weighted by Gasteiger charge is -2.20. The van der Waals surface area contributed by atoms with Gasteiger partial charge in [0.05, 0.1) is 5.69 Å². The number of halogens is 1. The molecule has 3 N–H and O–H groups in total. The summed E-state index contributed by atoms with van der Waals surface area (Å²) in [7, 11) is 0. The highest BCUT2D eigenvalue weighted by Crippen LogP contribution is 2.40. The van der Waals surface area contributed by atoms with Gasteiger partial charge in [0.25, 0.3) is 5.91 Å². The minimum Gasteiger partial charge on any atom is -0.397 e. The molecule has 4 nitrogen and oxygen atoms in total. The number of nitrogens with two attached hydrogens (primary N) is 1. The molecule has 0 fully saturated rings. The quantitative estimate of drug-likeness (QED) is 0.322. The van der Waals surface area contributed by atoms with Crippen molar-refractivity contribution in [2.75, 3.05) is 11.1 Å². The number of thiophene rings is 1. The SMILES string of the molecule is Nc1c(C(=O)Nc2ccc(Br)cc2)sc2nc(CCc3ccccc3)c3c(c12)CCCC3. The zero-order valence-corrected chi connectivity index (χ0v) is 20.1. The summed E-state index contributed by atoms with van der Waals surface area (Å²) in [5.41, 5.74) is 13.0. The maximum Gasteiger partial charge on any atom is 0.267 e. The van der Waals surface area contributed by atoms with Crippen LogP contribution in [0, 0.1) is 0 Å². The number of rotatable bonds is 5. The van der Waals surface area contributed by atoms with Crippen molar-refractivity contribution in [1.82, 2.24) is 4.98 Å². The van der Waals surface area contributed by atoms with Gasteiger partial charge >= 0.3 is 0 Å². The van der Waals surface area contributed by atoms with Crippen LogP contribution in [0.4, 0.5) is 11.4 Å². The van der Waals surface area contributed by atoms with Crippen molar-refractivity contribution in [3.63, 3.8) is 0 Å². The molecule has 0 atom stereocenters. The molecule has 1 amide bonds. The molecule has 162 valence electrons. The third-order valence-corrected chi connectivity index (χ3v) is 7.71. The summed E-state index contributed by atoms with van der Waals surface area (Å²) in [6.45, 7) is 0. The van der Waals surface area contributed by atoms with Crippen LogP contribution >= 0.6 is 27.3 Å². The van der Waals surface area contributed by atoms with E-state index in [2.05, 4.69) is 45.5 Å². The first-order valence-electron chi connectivity index (χ1n) is 10.9. The maximum atomic E-state index is 13.0. The van der Waals surface area contributed by atoms with E-state index in [0.717, 1.165) is 58.2 Å². The van der Waals surface area contributed by atoms with Crippen LogP contribution in [-0.4, -0.2) is 10.9 Å². The summed E-state index contributed by atoms with van der Waals surface area (Å²) in [5, 5.41) is 3.97. The van der Waals surface area contributed by atoms with Gasteiger partial charge in [-0.2, -0.15) is 0 Å². The van der Waals surface area contributed by atoms with E-state index in [1.807, 2.05) is 30.3 Å². The van der Waals surface area contributed by atoms with Crippen LogP contribution in [0.15, 0.2) is 59.1 Å². The van der Waals surface area contributed by atoms with Crippen molar-refractivity contribution < 1.29 is 4.79 Å². The lowest BCUT2D eigenvalue weighted by atomic mass is 9.87. The van der Waals surface area contributed by atoms with Crippen molar-refractivity contribution in [3.05, 3.63) is 86.3 Å². The van der Waals surface area contributed by atoms with Crippen LogP contribution in [-0.2, 0) is 25.7 Å². The van der Waals surface area contributed by atoms with Gasteiger partial charge in [0.15, 0.2) is 0 Å². The summed E-state index contributed by atoms with van der Waals surface area (Å²) in [4.78, 5) is 19.5. The average molecular weight is 506 g/mol. The second-order valence-corrected chi connectivity index (χ2v) is 10.1. The van der Waals surface area contributed by atoms with E-state index in [9.17, 15) is 4.79 Å². The molecule has 0 bridgehead atoms. The number of aryl methyl sites for hydroxylation is 3. The van der Waals surface area contributed by atoms with Crippen LogP contribution in [0.25, 0.3) is 10.2 Å². The van der Waals surface area contributed by atoms with E-state index < -0.39 is 0 Å². The third kappa shape index (κ3) is 4.17. The van der Waals surface area contributed by atoms with E-state index in [0.29, 0.717) is 10.6 Å². The number of hydrogen-bond donors (Lipinski definition) is 2. The predicted molar refractivity (Wildman–Crippen MR) is 137 cm³/mol. The van der Waals surface area contributed by atoms with Crippen molar-refractivity contribution in [1.29, 1.82) is 0 Å². The number of aromatic nitrogens is 1. The Labute approximate surface area is 200 Å². The molecule has 1 aliphatic rings. The Bertz CT molecular complexity index is 1280. The van der Waals surface area contributed by atoms with Gasteiger partial charge in [0.1, 0.15) is 9.71 Å². The van der Waals surface area contributed by atoms with Crippen LogP contribution in [0.1, 0.15) is 44.9 Å². The van der Waals surface area contributed by atoms with Gasteiger partial charge in [-0.15, -0.1) is 11.3 Å². The number of nitrogens with one attached hydrogen (secondary N) is 1. The molecule has 2 aromatic carbocycles. The van der Waals surface area contributed by atoms with Gasteiger partial charge in [-0.25, -0.2) is 4.98 Å². The number of carbonyl (C=O) groups excluding carboxylic acids is 1. The first-order chi connectivity index (χ1) is 15.6. The van der Waals surface area contributed by atoms with Gasteiger partial charge < -0.3 is 11.1 Å². The molecule has 5 rings (SSSR count). The monoisotopic (exact) mass is 505 g/mol. The van der Waals surface area contributed by atoms with Gasteiger partial charge in [-0.3, -0.25) is 4.79 Å². The van der Waals surface area contributed by atoms with Gasteiger partial charge in [0.2, 0.25) is 0 Å². The third-order valence-electron chi connectivity index (χ3n) is 6.08. The van der Waals surface area contributed by atoms with Crippen molar-refractivity contribution >= 4 is 54.8 Å². The van der Waals surface area contributed by atoms with Crippen molar-refractivity contribution in [3.8, 4) is 0 Å². The second-order valence-electron chi connectivity index (χ2n) is 8.19. The Morgan fingerprint density at radius 1 is 1.00 bits per heavy atom. The van der Waals surface area contributed by atoms with E-state index in [-0.39, 0.29) is 5.91 Å². The van der Waals surface area contributed by atoms with Crippen LogP contribution in [0.3, 0.4) is 0 Å². The summed E-state index contributed by atoms with van der Waals surface area (Å²) < 4.78 is 0.968. The minimum atomic E-state index is -0.178. The van der Waals surface area contributed by atoms with E-state index in [4.69, 9.17) is 10.7 Å². The molecule has 32 heavy (non-hydrogen) atoms. The highest BCUT2D eigenvalue weighted by atomic mass is 79.9. The molecule has 0 radical (unpaired) electrons. The smallest absolute Gasteiger partial charge is 0.267 e. The average Bonchev–Trinajstić information content (AvgIpc) is 3.16. The molecule has 0 saturated carbocycles. The zero-order valence-electron chi connectivity index (χ0n) is 17.7. The zero-order chi connectivity index (χ0) is 22.1. The highest BCUT2D eigenvalue weighted by Gasteiger charge is 2.25. The molecule has 1 aliphatic carbocycles. The van der Waals surface area contributed by atoms with E-state index in [1.54, 1.807) is 0 Å². The molecule has 2 heterocycles. The number of benzene rings is 2. The minimum absolute atomic E-state index is 0.178. The topological polar surface area (TPSA) is 68.0 Å². The summed E-state index contributed by atoms with van der Waals surface area (Å²) >= 11 is 4.83. The Balaban J connectivity index is 1.50. The molecular formula is C26H24BrN3OS. The molecule has 0 spiro atoms. The van der Waals surface area contributed by atoms with E-state index in [1.165, 1.54) is 34.4 Å². The van der Waals surface area contributed by atoms with Crippen LogP contribution in [0.2, 0.25) is 0 Å². The molecule has 0 unspecified atom stereocenters. The van der Waals surface area contributed by atoms with Gasteiger partial charge in [-0.1, -0.05) is 46.3 Å². The summed E-state index contributed by atoms with van der Waals surface area (Å²) in [5.74, 6) is -0.178. The fourth-order valence-electron chi connectivity index (χ4n) is 4.50. The number of amides is 1. The highest BCUT2D eigenvalue weighted by molar-refractivity contribution is 9.10. The van der Waals surface area contributed by atoms with Crippen LogP contribution < -0.4 is 11.1 Å². The summed E-state index contributed by atoms with van der Waals surface area (Å²) in [6, 6.07) is 18.1. The Morgan fingerprint density at radius 2 is 1.72 bits per heavy atom. The lowest BCUT2D eigenvalue weighted by molar-refractivity contribution is 0.103. The number of hydrogen-bond acceptors (Lipinski definition) is 4. The van der Waals surface area contributed by atoms with Crippen LogP contribution in [0.5, 0.6) is 0 Å². The molecule has 4 aromatic rings. The normalized spacial score (nSPS) is 13.2. The van der Waals surface area contributed by atoms with Gasteiger partial charge in [-0.05, 0) is 79.5 Å². The number of pyridine rings is 1. The fraction of sp³-hybridized carbons (Fsp3) is 0.231. The largest absolute Gasteiger partial charge is 0.397 e. The van der Waals surface area contributed by atoms with Gasteiger partial charge in [0, 0.05) is 21.2 Å². The summed E-state index contributed by atoms with van der Waals surface area (Å²) in [6.07, 6.45) is 6.24. The standard InChI is InChI=1S/C26H24BrN3OS/c27-17-11-13-18(14-12-17)29-25(31)24-23(28)22-20-9-5-4-8-19(20)21(30-26(22)32-24)15-10-16-6-2-1-3-7-16/h1-3,6-7,11-14H,4-5,8-10,15,28H2,(H,29,31). The number of carbonyl (C=O) groups is 1. The molecule has 0 saturated heterocycles. The van der Waals surface area contributed by atoms with E-state index >= 15 is 0 Å². The Morgan fingerprint density at radius 3 is 2.47 bits per heavy atom. The lowest BCUT2D eigenvalue weighted by Crippen LogP contribution is -2.12. The Kier molecular flexibility index (Phi) is 5.98. The number of nitrogens with zero attached hydrogens (tertiary/aromatic N) is 1. The first kappa shape index (κ1) is 21.2. The number of anilines is 2. The second kappa shape index (κ2) is 9.04. The number of nitrogen functional groups attached to an aromatic ring is 1. The molecule has 0 aliphatic heterocycles. The van der Waals surface area contributed by atoms with Crippen molar-refractivity contribution in [2.24, 2.45) is 0 Å². The molecular weight excluding hydrogens is 482 g/mol. The first-order valence-corrected chi connectivity index (χ1v) is 12.5. The molecule has 6 heteroatoms. The fourth-order valence-corrected chi connectivity index (χ4v) is 5.80.